The predicted molar refractivity (Wildman–Crippen MR) is 83.1 cm³/mol. The van der Waals surface area contributed by atoms with E-state index in [0.717, 1.165) is 0 Å². The largest absolute Gasteiger partial charge is 0.493 e. The highest BCUT2D eigenvalue weighted by atomic mass is 19.1. The van der Waals surface area contributed by atoms with Crippen molar-refractivity contribution in [2.24, 2.45) is 0 Å². The van der Waals surface area contributed by atoms with Crippen LogP contribution in [0.1, 0.15) is 15.9 Å². The number of aryl methyl sites for hydroxylation is 1. The van der Waals surface area contributed by atoms with E-state index >= 15 is 0 Å². The van der Waals surface area contributed by atoms with E-state index < -0.39 is 0 Å². The third-order valence-electron chi connectivity index (χ3n) is 3.52. The maximum absolute atomic E-state index is 13.6. The summed E-state index contributed by atoms with van der Waals surface area (Å²) in [5.41, 5.74) is 1.24. The van der Waals surface area contributed by atoms with Crippen molar-refractivity contribution in [2.75, 3.05) is 25.6 Å². The fourth-order valence-electron chi connectivity index (χ4n) is 2.28. The molecule has 1 aliphatic heterocycles. The van der Waals surface area contributed by atoms with Gasteiger partial charge in [-0.25, -0.2) is 4.39 Å². The predicted octanol–water partition coefficient (Wildman–Crippen LogP) is 3.17. The molecule has 6 heteroatoms. The lowest BCUT2D eigenvalue weighted by molar-refractivity contribution is 0.102. The minimum Gasteiger partial charge on any atom is -0.493 e. The minimum atomic E-state index is -0.386. The Kier molecular flexibility index (Phi) is 4.06. The number of hydrogen-bond donors (Lipinski definition) is 1. The fourth-order valence-corrected chi connectivity index (χ4v) is 2.28. The van der Waals surface area contributed by atoms with Crippen molar-refractivity contribution >= 4 is 11.6 Å². The van der Waals surface area contributed by atoms with E-state index in [4.69, 9.17) is 14.2 Å². The molecule has 0 bridgehead atoms. The number of rotatable bonds is 3. The Labute approximate surface area is 133 Å². The third-order valence-corrected chi connectivity index (χ3v) is 3.52. The number of carbonyl (C=O) groups excluding carboxylic acids is 1. The number of ether oxygens (including phenoxy) is 3. The molecule has 2 aromatic rings. The molecule has 0 saturated carbocycles. The van der Waals surface area contributed by atoms with Crippen molar-refractivity contribution in [1.29, 1.82) is 0 Å². The topological polar surface area (TPSA) is 56.8 Å². The van der Waals surface area contributed by atoms with Crippen LogP contribution in [0.5, 0.6) is 17.2 Å². The van der Waals surface area contributed by atoms with Gasteiger partial charge < -0.3 is 19.5 Å². The van der Waals surface area contributed by atoms with Crippen molar-refractivity contribution in [2.45, 2.75) is 6.92 Å². The van der Waals surface area contributed by atoms with Gasteiger partial charge in [-0.1, -0.05) is 6.07 Å². The summed E-state index contributed by atoms with van der Waals surface area (Å²) < 4.78 is 29.8. The number of benzene rings is 2. The number of hydrogen-bond acceptors (Lipinski definition) is 4. The van der Waals surface area contributed by atoms with Gasteiger partial charge in [0.2, 0.25) is 5.75 Å². The van der Waals surface area contributed by atoms with E-state index in [1.807, 2.05) is 0 Å². The molecule has 0 radical (unpaired) electrons. The Morgan fingerprint density at radius 1 is 1.22 bits per heavy atom. The summed E-state index contributed by atoms with van der Waals surface area (Å²) in [6.45, 7) is 2.49. The Balaban J connectivity index is 1.88. The number of fused-ring (bicyclic) bond motifs is 1. The van der Waals surface area contributed by atoms with Gasteiger partial charge in [-0.15, -0.1) is 0 Å². The van der Waals surface area contributed by atoms with Gasteiger partial charge in [0.15, 0.2) is 11.5 Å². The maximum atomic E-state index is 13.6. The SMILES string of the molecule is COc1cc(C(=O)Nc2ccc(C)c(F)c2)cc2c1OCCO2. The number of halogens is 1. The molecule has 1 aliphatic rings. The van der Waals surface area contributed by atoms with E-state index in [0.29, 0.717) is 47.3 Å². The van der Waals surface area contributed by atoms with E-state index in [1.165, 1.54) is 13.2 Å². The standard InChI is InChI=1S/C17H16FNO4/c1-10-3-4-12(9-13(10)18)19-17(20)11-7-14(21-2)16-15(8-11)22-5-6-23-16/h3-4,7-9H,5-6H2,1-2H3,(H,19,20). The summed E-state index contributed by atoms with van der Waals surface area (Å²) in [5.74, 6) is 0.598. The summed E-state index contributed by atoms with van der Waals surface area (Å²) >= 11 is 0. The molecule has 0 atom stereocenters. The molecule has 3 rings (SSSR count). The molecule has 120 valence electrons. The van der Waals surface area contributed by atoms with Crippen molar-refractivity contribution in [3.8, 4) is 17.2 Å². The van der Waals surface area contributed by atoms with Gasteiger partial charge in [0.25, 0.3) is 5.91 Å². The Morgan fingerprint density at radius 3 is 2.74 bits per heavy atom. The van der Waals surface area contributed by atoms with Crippen LogP contribution in [0.15, 0.2) is 30.3 Å². The second kappa shape index (κ2) is 6.16. The molecule has 0 saturated heterocycles. The zero-order valence-corrected chi connectivity index (χ0v) is 12.8. The van der Waals surface area contributed by atoms with E-state index in [1.54, 1.807) is 31.2 Å². The quantitative estimate of drug-likeness (QED) is 0.945. The first-order valence-corrected chi connectivity index (χ1v) is 7.13. The second-order valence-electron chi connectivity index (χ2n) is 5.12. The van der Waals surface area contributed by atoms with Crippen LogP contribution in [0.3, 0.4) is 0 Å². The van der Waals surface area contributed by atoms with Crippen molar-refractivity contribution in [1.82, 2.24) is 0 Å². The highest BCUT2D eigenvalue weighted by Gasteiger charge is 2.21. The molecular weight excluding hydrogens is 301 g/mol. The molecule has 23 heavy (non-hydrogen) atoms. The van der Waals surface area contributed by atoms with Crippen molar-refractivity contribution in [3.05, 3.63) is 47.3 Å². The summed E-state index contributed by atoms with van der Waals surface area (Å²) in [6, 6.07) is 7.67. The molecule has 0 unspecified atom stereocenters. The van der Waals surface area contributed by atoms with Crippen LogP contribution < -0.4 is 19.5 Å². The number of nitrogens with one attached hydrogen (secondary N) is 1. The van der Waals surface area contributed by atoms with Crippen LogP contribution in [-0.2, 0) is 0 Å². The van der Waals surface area contributed by atoms with Crippen molar-refractivity contribution < 1.29 is 23.4 Å². The van der Waals surface area contributed by atoms with Crippen LogP contribution in [-0.4, -0.2) is 26.2 Å². The number of methoxy groups -OCH3 is 1. The summed E-state index contributed by atoms with van der Waals surface area (Å²) in [5, 5.41) is 2.65. The first kappa shape index (κ1) is 15.1. The number of anilines is 1. The molecule has 1 heterocycles. The maximum Gasteiger partial charge on any atom is 0.255 e. The Bertz CT molecular complexity index is 743. The van der Waals surface area contributed by atoms with Gasteiger partial charge in [-0.05, 0) is 36.8 Å². The lowest BCUT2D eigenvalue weighted by Crippen LogP contribution is -2.18. The zero-order chi connectivity index (χ0) is 16.4. The van der Waals surface area contributed by atoms with Gasteiger partial charge in [0.05, 0.1) is 7.11 Å². The van der Waals surface area contributed by atoms with E-state index in [9.17, 15) is 9.18 Å². The fraction of sp³-hybridized carbons (Fsp3) is 0.235. The Morgan fingerprint density at radius 2 is 2.00 bits per heavy atom. The molecule has 0 aromatic heterocycles. The molecular formula is C17H16FNO4. The zero-order valence-electron chi connectivity index (χ0n) is 12.8. The highest BCUT2D eigenvalue weighted by Crippen LogP contribution is 2.40. The number of amides is 1. The summed E-state index contributed by atoms with van der Waals surface area (Å²) in [4.78, 5) is 12.4. The summed E-state index contributed by atoms with van der Waals surface area (Å²) in [6.07, 6.45) is 0. The molecule has 1 N–H and O–H groups in total. The van der Waals surface area contributed by atoms with Gasteiger partial charge in [0.1, 0.15) is 19.0 Å². The van der Waals surface area contributed by atoms with Crippen molar-refractivity contribution in [3.63, 3.8) is 0 Å². The summed E-state index contributed by atoms with van der Waals surface area (Å²) in [7, 11) is 1.49. The molecule has 0 aliphatic carbocycles. The highest BCUT2D eigenvalue weighted by molar-refractivity contribution is 6.05. The molecule has 0 fully saturated rings. The first-order chi connectivity index (χ1) is 11.1. The van der Waals surface area contributed by atoms with Gasteiger partial charge >= 0.3 is 0 Å². The molecule has 1 amide bonds. The lowest BCUT2D eigenvalue weighted by Gasteiger charge is -2.21. The average molecular weight is 317 g/mol. The number of carbonyl (C=O) groups is 1. The monoisotopic (exact) mass is 317 g/mol. The lowest BCUT2D eigenvalue weighted by atomic mass is 10.1. The van der Waals surface area contributed by atoms with Gasteiger partial charge in [-0.2, -0.15) is 0 Å². The minimum absolute atomic E-state index is 0.340. The van der Waals surface area contributed by atoms with Crippen LogP contribution in [0, 0.1) is 12.7 Å². The van der Waals surface area contributed by atoms with Crippen LogP contribution in [0.2, 0.25) is 0 Å². The van der Waals surface area contributed by atoms with Crippen LogP contribution >= 0.6 is 0 Å². The molecule has 0 spiro atoms. The third kappa shape index (κ3) is 3.06. The average Bonchev–Trinajstić information content (AvgIpc) is 2.57. The van der Waals surface area contributed by atoms with Gasteiger partial charge in [0, 0.05) is 11.3 Å². The van der Waals surface area contributed by atoms with E-state index in [-0.39, 0.29) is 11.7 Å². The van der Waals surface area contributed by atoms with Crippen LogP contribution in [0.25, 0.3) is 0 Å². The van der Waals surface area contributed by atoms with Crippen LogP contribution in [0.4, 0.5) is 10.1 Å². The van der Waals surface area contributed by atoms with E-state index in [2.05, 4.69) is 5.32 Å². The second-order valence-corrected chi connectivity index (χ2v) is 5.12. The van der Waals surface area contributed by atoms with Gasteiger partial charge in [-0.3, -0.25) is 4.79 Å². The smallest absolute Gasteiger partial charge is 0.255 e. The first-order valence-electron chi connectivity index (χ1n) is 7.13. The Hall–Kier alpha value is -2.76. The normalized spacial score (nSPS) is 12.7. The molecule has 2 aromatic carbocycles. The molecule has 5 nitrogen and oxygen atoms in total.